The Hall–Kier alpha value is -3.40. The molecule has 3 aromatic rings. The number of carbonyl (C=O) groups excluding carboxylic acids is 1. The Bertz CT molecular complexity index is 1110. The van der Waals surface area contributed by atoms with Crippen LogP contribution in [-0.2, 0) is 0 Å². The van der Waals surface area contributed by atoms with Crippen molar-refractivity contribution in [3.8, 4) is 0 Å². The molecule has 0 spiro atoms. The van der Waals surface area contributed by atoms with Crippen LogP contribution in [0.3, 0.4) is 0 Å². The topological polar surface area (TPSA) is 98.6 Å². The molecule has 4 N–H and O–H groups in total. The number of halogens is 1. The van der Waals surface area contributed by atoms with Crippen LogP contribution in [-0.4, -0.2) is 65.9 Å². The van der Waals surface area contributed by atoms with Crippen LogP contribution in [0, 0.1) is 0 Å². The smallest absolute Gasteiger partial charge is 0.271 e. The summed E-state index contributed by atoms with van der Waals surface area (Å²) in [6, 6.07) is 9.60. The number of fused-ring (bicyclic) bond motifs is 1. The maximum Gasteiger partial charge on any atom is 0.271 e. The van der Waals surface area contributed by atoms with Crippen LogP contribution in [0.2, 0.25) is 0 Å². The first-order chi connectivity index (χ1) is 15.1. The van der Waals surface area contributed by atoms with Crippen LogP contribution in [0.5, 0.6) is 0 Å². The van der Waals surface area contributed by atoms with Gasteiger partial charge >= 0.3 is 0 Å². The van der Waals surface area contributed by atoms with Crippen molar-refractivity contribution in [2.45, 2.75) is 18.6 Å². The van der Waals surface area contributed by atoms with Gasteiger partial charge in [0.1, 0.15) is 6.17 Å². The van der Waals surface area contributed by atoms with Gasteiger partial charge in [0.25, 0.3) is 5.91 Å². The minimum absolute atomic E-state index is 0.267. The molecule has 2 aromatic heterocycles. The number of alkyl halides is 1. The van der Waals surface area contributed by atoms with Gasteiger partial charge in [-0.2, -0.15) is 0 Å². The van der Waals surface area contributed by atoms with Crippen molar-refractivity contribution in [2.24, 2.45) is 0 Å². The van der Waals surface area contributed by atoms with Crippen molar-refractivity contribution in [1.82, 2.24) is 25.2 Å². The molecule has 1 saturated heterocycles. The van der Waals surface area contributed by atoms with Gasteiger partial charge in [-0.25, -0.2) is 13.9 Å². The van der Waals surface area contributed by atoms with Crippen LogP contribution in [0.1, 0.15) is 16.9 Å². The summed E-state index contributed by atoms with van der Waals surface area (Å²) in [5.41, 5.74) is 3.57. The monoisotopic (exact) mass is 424 g/mol. The van der Waals surface area contributed by atoms with E-state index in [-0.39, 0.29) is 11.6 Å². The van der Waals surface area contributed by atoms with Crippen LogP contribution >= 0.6 is 0 Å². The van der Waals surface area contributed by atoms with Crippen molar-refractivity contribution < 1.29 is 9.18 Å². The summed E-state index contributed by atoms with van der Waals surface area (Å²) in [6.45, 7) is 3.87. The number of rotatable bonds is 6. The van der Waals surface area contributed by atoms with Gasteiger partial charge in [-0.15, -0.1) is 5.10 Å². The molecular formula is C21H25FN8O. The second-order valence-electron chi connectivity index (χ2n) is 7.82. The zero-order valence-corrected chi connectivity index (χ0v) is 17.2. The van der Waals surface area contributed by atoms with E-state index in [0.29, 0.717) is 17.9 Å². The Morgan fingerprint density at radius 1 is 1.26 bits per heavy atom. The lowest BCUT2D eigenvalue weighted by Crippen LogP contribution is -2.43. The minimum atomic E-state index is -0.968. The molecule has 1 aliphatic carbocycles. The van der Waals surface area contributed by atoms with E-state index >= 15 is 0 Å². The Labute approximate surface area is 179 Å². The molecule has 31 heavy (non-hydrogen) atoms. The van der Waals surface area contributed by atoms with Gasteiger partial charge in [0.15, 0.2) is 17.2 Å². The van der Waals surface area contributed by atoms with Gasteiger partial charge in [-0.1, -0.05) is 6.07 Å². The van der Waals surface area contributed by atoms with Gasteiger partial charge in [0.2, 0.25) is 0 Å². The average molecular weight is 424 g/mol. The molecule has 0 radical (unpaired) electrons. The van der Waals surface area contributed by atoms with Crippen LogP contribution in [0.25, 0.3) is 5.65 Å². The summed E-state index contributed by atoms with van der Waals surface area (Å²) in [4.78, 5) is 19.2. The molecule has 5 rings (SSSR count). The average Bonchev–Trinajstić information content (AvgIpc) is 3.31. The normalized spacial score (nSPS) is 20.5. The fourth-order valence-corrected chi connectivity index (χ4v) is 3.78. The van der Waals surface area contributed by atoms with Gasteiger partial charge in [-0.05, 0) is 18.2 Å². The number of amides is 1. The summed E-state index contributed by atoms with van der Waals surface area (Å²) >= 11 is 0. The largest absolute Gasteiger partial charge is 0.385 e. The maximum absolute atomic E-state index is 13.2. The third kappa shape index (κ3) is 3.98. The lowest BCUT2D eigenvalue weighted by molar-refractivity contribution is 0.0940. The fourth-order valence-electron chi connectivity index (χ4n) is 3.78. The summed E-state index contributed by atoms with van der Waals surface area (Å²) in [6.07, 6.45) is 0.848. The van der Waals surface area contributed by atoms with Crippen molar-refractivity contribution >= 4 is 34.4 Å². The number of aromatic nitrogens is 3. The quantitative estimate of drug-likeness (QED) is 0.479. The number of nitrogens with one attached hydrogen (secondary N) is 4. The SMILES string of the molecule is CNc1cc(Nc2cccc(N3CCNCC3)c2)nn2c(C(=O)N[C@@H]3C[C@@H]3F)cnc12. The van der Waals surface area contributed by atoms with Gasteiger partial charge in [0.05, 0.1) is 17.9 Å². The van der Waals surface area contributed by atoms with Gasteiger partial charge in [-0.3, -0.25) is 4.79 Å². The van der Waals surface area contributed by atoms with Crippen molar-refractivity contribution in [1.29, 1.82) is 0 Å². The van der Waals surface area contributed by atoms with Crippen molar-refractivity contribution in [3.05, 3.63) is 42.2 Å². The molecule has 1 aliphatic heterocycles. The fraction of sp³-hybridized carbons (Fsp3) is 0.381. The molecule has 2 fully saturated rings. The third-order valence-electron chi connectivity index (χ3n) is 5.60. The van der Waals surface area contributed by atoms with Crippen molar-refractivity contribution in [2.75, 3.05) is 48.8 Å². The molecular weight excluding hydrogens is 399 g/mol. The molecule has 2 atom stereocenters. The highest BCUT2D eigenvalue weighted by Crippen LogP contribution is 2.27. The number of nitrogens with zero attached hydrogens (tertiary/aromatic N) is 4. The second-order valence-corrected chi connectivity index (χ2v) is 7.82. The second kappa shape index (κ2) is 8.03. The molecule has 10 heteroatoms. The standard InChI is InChI=1S/C21H25FN8O/c1-23-17-11-19(26-13-3-2-4-14(9-13)29-7-5-24-6-8-29)28-30-18(12-25-20(17)30)21(31)27-16-10-15(16)22/h2-4,9,11-12,15-16,23-24H,5-8,10H2,1H3,(H,26,28)(H,27,31)/t15-,16+/m0/s1. The highest BCUT2D eigenvalue weighted by Gasteiger charge is 2.39. The molecule has 1 saturated carbocycles. The van der Waals surface area contributed by atoms with Crippen LogP contribution in [0.4, 0.5) is 27.3 Å². The number of imidazole rings is 1. The molecule has 1 amide bonds. The lowest BCUT2D eigenvalue weighted by atomic mass is 10.2. The number of hydrogen-bond acceptors (Lipinski definition) is 7. The Morgan fingerprint density at radius 3 is 2.81 bits per heavy atom. The molecule has 9 nitrogen and oxygen atoms in total. The maximum atomic E-state index is 13.2. The third-order valence-corrected chi connectivity index (χ3v) is 5.60. The summed E-state index contributed by atoms with van der Waals surface area (Å²) in [5, 5.41) is 17.1. The molecule has 2 aliphatic rings. The highest BCUT2D eigenvalue weighted by molar-refractivity contribution is 5.94. The van der Waals surface area contributed by atoms with E-state index < -0.39 is 12.2 Å². The van der Waals surface area contributed by atoms with Crippen molar-refractivity contribution in [3.63, 3.8) is 0 Å². The lowest BCUT2D eigenvalue weighted by Gasteiger charge is -2.29. The van der Waals surface area contributed by atoms with Crippen LogP contribution in [0.15, 0.2) is 36.5 Å². The summed E-state index contributed by atoms with van der Waals surface area (Å²) in [5.74, 6) is 0.182. The van der Waals surface area contributed by atoms with E-state index in [2.05, 4.69) is 48.4 Å². The number of benzene rings is 1. The Balaban J connectivity index is 1.43. The number of hydrogen-bond donors (Lipinski definition) is 4. The van der Waals surface area contributed by atoms with E-state index in [4.69, 9.17) is 0 Å². The first kappa shape index (κ1) is 19.6. The van der Waals surface area contributed by atoms with E-state index in [1.165, 1.54) is 10.7 Å². The molecule has 1 aromatic carbocycles. The summed E-state index contributed by atoms with van der Waals surface area (Å²) < 4.78 is 14.7. The predicted molar refractivity (Wildman–Crippen MR) is 118 cm³/mol. The summed E-state index contributed by atoms with van der Waals surface area (Å²) in [7, 11) is 1.79. The molecule has 162 valence electrons. The predicted octanol–water partition coefficient (Wildman–Crippen LogP) is 1.76. The number of anilines is 4. The number of piperazine rings is 1. The van der Waals surface area contributed by atoms with Crippen LogP contribution < -0.4 is 26.2 Å². The Morgan fingerprint density at radius 2 is 2.06 bits per heavy atom. The van der Waals surface area contributed by atoms with E-state index in [1.807, 2.05) is 18.2 Å². The molecule has 0 unspecified atom stereocenters. The number of carbonyl (C=O) groups is 1. The minimum Gasteiger partial charge on any atom is -0.385 e. The first-order valence-corrected chi connectivity index (χ1v) is 10.5. The molecule has 0 bridgehead atoms. The zero-order chi connectivity index (χ0) is 21.4. The van der Waals surface area contributed by atoms with E-state index in [1.54, 1.807) is 7.05 Å². The molecule has 3 heterocycles. The first-order valence-electron chi connectivity index (χ1n) is 10.5. The van der Waals surface area contributed by atoms with Gasteiger partial charge in [0, 0.05) is 57.1 Å². The Kier molecular flexibility index (Phi) is 5.06. The zero-order valence-electron chi connectivity index (χ0n) is 17.2. The highest BCUT2D eigenvalue weighted by atomic mass is 19.1. The van der Waals surface area contributed by atoms with E-state index in [9.17, 15) is 9.18 Å². The van der Waals surface area contributed by atoms with E-state index in [0.717, 1.165) is 43.2 Å². The van der Waals surface area contributed by atoms with Gasteiger partial charge < -0.3 is 26.2 Å².